The van der Waals surface area contributed by atoms with E-state index in [0.29, 0.717) is 12.0 Å². The Kier molecular flexibility index (Phi) is 5.22. The van der Waals surface area contributed by atoms with E-state index >= 15 is 0 Å². The number of carbonyl (C=O) groups excluding carboxylic acids is 1. The summed E-state index contributed by atoms with van der Waals surface area (Å²) in [7, 11) is 2.15. The molecule has 0 aliphatic carbocycles. The number of halogens is 1. The monoisotopic (exact) mass is 382 g/mol. The molecule has 4 rings (SSSR count). The molecule has 148 valence electrons. The number of nitrogens with one attached hydrogen (secondary N) is 2. The zero-order valence-corrected chi connectivity index (χ0v) is 16.5. The van der Waals surface area contributed by atoms with Crippen LogP contribution in [0.1, 0.15) is 17.5 Å². The van der Waals surface area contributed by atoms with Crippen LogP contribution in [0.2, 0.25) is 0 Å². The Morgan fingerprint density at radius 1 is 1.18 bits per heavy atom. The van der Waals surface area contributed by atoms with Crippen LogP contribution in [0.25, 0.3) is 0 Å². The molecule has 0 aromatic heterocycles. The van der Waals surface area contributed by atoms with E-state index in [0.717, 1.165) is 55.2 Å². The summed E-state index contributed by atoms with van der Waals surface area (Å²) in [6, 6.07) is 10.7. The van der Waals surface area contributed by atoms with E-state index in [4.69, 9.17) is 0 Å². The van der Waals surface area contributed by atoms with Crippen molar-refractivity contribution in [1.29, 1.82) is 0 Å². The van der Waals surface area contributed by atoms with Crippen molar-refractivity contribution in [2.45, 2.75) is 25.8 Å². The number of carbonyl (C=O) groups is 1. The molecule has 0 spiro atoms. The fourth-order valence-corrected chi connectivity index (χ4v) is 4.04. The average Bonchev–Trinajstić information content (AvgIpc) is 3.04. The summed E-state index contributed by atoms with van der Waals surface area (Å²) in [5, 5.41) is 6.19. The predicted octanol–water partition coefficient (Wildman–Crippen LogP) is 3.25. The van der Waals surface area contributed by atoms with Crippen LogP contribution >= 0.6 is 0 Å². The molecule has 6 heteroatoms. The third-order valence-electron chi connectivity index (χ3n) is 5.71. The van der Waals surface area contributed by atoms with Crippen LogP contribution in [-0.2, 0) is 11.2 Å². The molecule has 1 unspecified atom stereocenters. The molecule has 1 atom stereocenters. The van der Waals surface area contributed by atoms with Gasteiger partial charge in [0.05, 0.1) is 0 Å². The van der Waals surface area contributed by atoms with E-state index < -0.39 is 6.04 Å². The summed E-state index contributed by atoms with van der Waals surface area (Å²) >= 11 is 0. The van der Waals surface area contributed by atoms with Crippen molar-refractivity contribution in [3.8, 4) is 0 Å². The lowest BCUT2D eigenvalue weighted by Crippen LogP contribution is -2.33. The van der Waals surface area contributed by atoms with Crippen molar-refractivity contribution in [2.75, 3.05) is 48.8 Å². The molecular weight excluding hydrogens is 355 g/mol. The lowest BCUT2D eigenvalue weighted by atomic mass is 10.1. The fourth-order valence-electron chi connectivity index (χ4n) is 4.04. The van der Waals surface area contributed by atoms with Crippen molar-refractivity contribution >= 4 is 23.0 Å². The minimum absolute atomic E-state index is 0.136. The first-order valence-electron chi connectivity index (χ1n) is 9.90. The zero-order chi connectivity index (χ0) is 19.7. The first kappa shape index (κ1) is 18.7. The second-order valence-electron chi connectivity index (χ2n) is 7.80. The SMILES string of the molecule is Cc1ccc(F)c2c1NC(C(=O)Nc1cccc(N3CCCN(C)CC3)c1)C2. The topological polar surface area (TPSA) is 47.6 Å². The van der Waals surface area contributed by atoms with Crippen molar-refractivity contribution in [1.82, 2.24) is 4.90 Å². The van der Waals surface area contributed by atoms with Crippen molar-refractivity contribution in [2.24, 2.45) is 0 Å². The number of anilines is 3. The largest absolute Gasteiger partial charge is 0.373 e. The summed E-state index contributed by atoms with van der Waals surface area (Å²) in [6.07, 6.45) is 1.50. The van der Waals surface area contributed by atoms with Gasteiger partial charge in [0.2, 0.25) is 5.91 Å². The summed E-state index contributed by atoms with van der Waals surface area (Å²) in [6.45, 7) is 6.06. The molecule has 2 aliphatic heterocycles. The number of likely N-dealkylation sites (N-methyl/N-ethyl adjacent to an activating group) is 1. The summed E-state index contributed by atoms with van der Waals surface area (Å²) < 4.78 is 14.1. The van der Waals surface area contributed by atoms with Gasteiger partial charge in [-0.3, -0.25) is 4.79 Å². The molecule has 1 saturated heterocycles. The van der Waals surface area contributed by atoms with Gasteiger partial charge in [-0.1, -0.05) is 12.1 Å². The van der Waals surface area contributed by atoms with Crippen LogP contribution in [0.4, 0.5) is 21.5 Å². The molecule has 2 heterocycles. The highest BCUT2D eigenvalue weighted by Crippen LogP contribution is 2.32. The molecule has 1 amide bonds. The van der Waals surface area contributed by atoms with E-state index in [2.05, 4.69) is 33.5 Å². The van der Waals surface area contributed by atoms with Gasteiger partial charge >= 0.3 is 0 Å². The van der Waals surface area contributed by atoms with Gasteiger partial charge in [0.1, 0.15) is 11.9 Å². The standard InChI is InChI=1S/C22H27FN4O/c1-15-7-8-19(23)18-14-20(25-21(15)18)22(28)24-16-5-3-6-17(13-16)27-10-4-9-26(2)11-12-27/h3,5-8,13,20,25H,4,9-12,14H2,1-2H3,(H,24,28). The van der Waals surface area contributed by atoms with Crippen LogP contribution in [-0.4, -0.2) is 50.1 Å². The van der Waals surface area contributed by atoms with Gasteiger partial charge in [0.15, 0.2) is 0 Å². The van der Waals surface area contributed by atoms with E-state index in [1.54, 1.807) is 6.07 Å². The minimum atomic E-state index is -0.457. The van der Waals surface area contributed by atoms with Crippen LogP contribution < -0.4 is 15.5 Å². The Bertz CT molecular complexity index is 854. The highest BCUT2D eigenvalue weighted by molar-refractivity contribution is 5.98. The second-order valence-corrected chi connectivity index (χ2v) is 7.80. The molecule has 0 radical (unpaired) electrons. The third-order valence-corrected chi connectivity index (χ3v) is 5.71. The summed E-state index contributed by atoms with van der Waals surface area (Å²) in [5.41, 5.74) is 4.21. The Morgan fingerprint density at radius 2 is 2.04 bits per heavy atom. The fraction of sp³-hybridized carbons (Fsp3) is 0.409. The number of aryl methyl sites for hydroxylation is 1. The smallest absolute Gasteiger partial charge is 0.247 e. The van der Waals surface area contributed by atoms with Gasteiger partial charge in [-0.15, -0.1) is 0 Å². The number of hydrogen-bond donors (Lipinski definition) is 2. The zero-order valence-electron chi connectivity index (χ0n) is 16.5. The molecule has 2 aromatic rings. The predicted molar refractivity (Wildman–Crippen MR) is 112 cm³/mol. The van der Waals surface area contributed by atoms with Gasteiger partial charge in [-0.05, 0) is 56.8 Å². The van der Waals surface area contributed by atoms with Gasteiger partial charge in [0, 0.05) is 48.7 Å². The lowest BCUT2D eigenvalue weighted by Gasteiger charge is -2.23. The lowest BCUT2D eigenvalue weighted by molar-refractivity contribution is -0.116. The summed E-state index contributed by atoms with van der Waals surface area (Å²) in [5.74, 6) is -0.390. The maximum atomic E-state index is 14.1. The van der Waals surface area contributed by atoms with Crippen molar-refractivity contribution in [3.63, 3.8) is 0 Å². The molecule has 5 nitrogen and oxygen atoms in total. The van der Waals surface area contributed by atoms with Gasteiger partial charge < -0.3 is 20.4 Å². The highest BCUT2D eigenvalue weighted by Gasteiger charge is 2.30. The first-order chi connectivity index (χ1) is 13.5. The molecule has 1 fully saturated rings. The van der Waals surface area contributed by atoms with E-state index in [9.17, 15) is 9.18 Å². The second kappa shape index (κ2) is 7.80. The minimum Gasteiger partial charge on any atom is -0.373 e. The molecular formula is C22H27FN4O. The molecule has 2 aliphatic rings. The Balaban J connectivity index is 1.44. The van der Waals surface area contributed by atoms with Crippen LogP contribution in [0.5, 0.6) is 0 Å². The van der Waals surface area contributed by atoms with Crippen molar-refractivity contribution < 1.29 is 9.18 Å². The Labute approximate surface area is 165 Å². The number of amides is 1. The number of rotatable bonds is 3. The molecule has 2 N–H and O–H groups in total. The quantitative estimate of drug-likeness (QED) is 0.856. The molecule has 0 bridgehead atoms. The van der Waals surface area contributed by atoms with E-state index in [1.165, 1.54) is 6.07 Å². The van der Waals surface area contributed by atoms with Crippen molar-refractivity contribution in [3.05, 3.63) is 53.3 Å². The summed E-state index contributed by atoms with van der Waals surface area (Å²) in [4.78, 5) is 17.5. The Hall–Kier alpha value is -2.60. The number of nitrogens with zero attached hydrogens (tertiary/aromatic N) is 2. The molecule has 0 saturated carbocycles. The van der Waals surface area contributed by atoms with Crippen LogP contribution in [0.3, 0.4) is 0 Å². The number of fused-ring (bicyclic) bond motifs is 1. The van der Waals surface area contributed by atoms with Gasteiger partial charge in [0.25, 0.3) is 0 Å². The normalized spacial score (nSPS) is 19.7. The maximum Gasteiger partial charge on any atom is 0.247 e. The highest BCUT2D eigenvalue weighted by atomic mass is 19.1. The van der Waals surface area contributed by atoms with Crippen LogP contribution in [0.15, 0.2) is 36.4 Å². The molecule has 2 aromatic carbocycles. The van der Waals surface area contributed by atoms with E-state index in [-0.39, 0.29) is 11.7 Å². The van der Waals surface area contributed by atoms with Gasteiger partial charge in [-0.25, -0.2) is 4.39 Å². The van der Waals surface area contributed by atoms with E-state index in [1.807, 2.05) is 25.1 Å². The number of hydrogen-bond acceptors (Lipinski definition) is 4. The number of benzene rings is 2. The maximum absolute atomic E-state index is 14.1. The molecule has 28 heavy (non-hydrogen) atoms. The van der Waals surface area contributed by atoms with Gasteiger partial charge in [-0.2, -0.15) is 0 Å². The van der Waals surface area contributed by atoms with Crippen LogP contribution in [0, 0.1) is 12.7 Å². The first-order valence-corrected chi connectivity index (χ1v) is 9.90. The average molecular weight is 382 g/mol. The third kappa shape index (κ3) is 3.83. The Morgan fingerprint density at radius 3 is 2.86 bits per heavy atom.